The number of hydrogen-bond donors (Lipinski definition) is 0. The smallest absolute Gasteiger partial charge is 0.179 e. The van der Waals surface area contributed by atoms with Gasteiger partial charge in [0.1, 0.15) is 0 Å². The number of rotatable bonds is 7. The van der Waals surface area contributed by atoms with Crippen LogP contribution < -0.4 is 30.4 Å². The first-order valence-corrected chi connectivity index (χ1v) is 25.5. The molecule has 10 aromatic carbocycles. The number of para-hydroxylation sites is 1. The summed E-state index contributed by atoms with van der Waals surface area (Å²) in [6, 6.07) is 86.0. The third kappa shape index (κ3) is 6.29. The van der Waals surface area contributed by atoms with Gasteiger partial charge in [0, 0.05) is 39.4 Å². The predicted octanol–water partition coefficient (Wildman–Crippen LogP) is 13.3. The molecule has 0 saturated carbocycles. The van der Waals surface area contributed by atoms with Crippen molar-refractivity contribution in [3.63, 3.8) is 0 Å². The van der Waals surface area contributed by atoms with Crippen LogP contribution in [0.3, 0.4) is 0 Å². The summed E-state index contributed by atoms with van der Waals surface area (Å²) in [5, 5.41) is 19.7. The number of aromatic nitrogens is 2. The summed E-state index contributed by atoms with van der Waals surface area (Å²) in [4.78, 5) is 2.38. The Kier molecular flexibility index (Phi) is 9.29. The highest BCUT2D eigenvalue weighted by atomic mass is 28.3. The van der Waals surface area contributed by atoms with Crippen molar-refractivity contribution in [3.05, 3.63) is 247 Å². The lowest BCUT2D eigenvalue weighted by Crippen LogP contribution is -2.74. The number of ether oxygens (including phenoxy) is 1. The number of nitriles is 1. The molecule has 0 unspecified atom stereocenters. The molecular formula is C63H44N4OSi. The molecule has 0 fully saturated rings. The van der Waals surface area contributed by atoms with Gasteiger partial charge in [-0.2, -0.15) is 5.26 Å². The monoisotopic (exact) mass is 900 g/mol. The van der Waals surface area contributed by atoms with Gasteiger partial charge in [0.05, 0.1) is 56.4 Å². The van der Waals surface area contributed by atoms with Crippen molar-refractivity contribution in [2.75, 3.05) is 4.90 Å². The van der Waals surface area contributed by atoms with Gasteiger partial charge in [-0.3, -0.25) is 0 Å². The zero-order valence-electron chi connectivity index (χ0n) is 38.1. The molecule has 326 valence electrons. The van der Waals surface area contributed by atoms with Crippen LogP contribution in [-0.2, 0) is 0 Å². The third-order valence-corrected chi connectivity index (χ3v) is 18.9. The highest BCUT2D eigenvalue weighted by Gasteiger charge is 2.42. The zero-order chi connectivity index (χ0) is 46.2. The lowest BCUT2D eigenvalue weighted by atomic mass is 10.1. The quantitative estimate of drug-likeness (QED) is 0.118. The maximum absolute atomic E-state index is 9.89. The van der Waals surface area contributed by atoms with Gasteiger partial charge in [-0.1, -0.05) is 145 Å². The molecule has 0 saturated heterocycles. The minimum atomic E-state index is -2.87. The van der Waals surface area contributed by atoms with E-state index in [1.54, 1.807) is 0 Å². The van der Waals surface area contributed by atoms with Crippen LogP contribution >= 0.6 is 0 Å². The SMILES string of the molecule is Cc1ccc2c(c1)c1cc(C)ccc1n2-c1ccc2c(c1)Oc1cc(-n3c4ccccc4c4cc(C#N)ccc43)ccc1N2c1cccc([Si](c2ccccc2)(c2ccccc2)c2ccccc2)c1. The van der Waals surface area contributed by atoms with Gasteiger partial charge >= 0.3 is 0 Å². The molecule has 0 aliphatic carbocycles. The zero-order valence-corrected chi connectivity index (χ0v) is 39.1. The number of anilines is 3. The van der Waals surface area contributed by atoms with Crippen molar-refractivity contribution in [2.24, 2.45) is 0 Å². The van der Waals surface area contributed by atoms with Gasteiger partial charge in [-0.05, 0) is 120 Å². The highest BCUT2D eigenvalue weighted by molar-refractivity contribution is 7.19. The maximum atomic E-state index is 9.89. The second-order valence-electron chi connectivity index (χ2n) is 18.2. The van der Waals surface area contributed by atoms with Crippen LogP contribution in [-0.4, -0.2) is 17.2 Å². The molecule has 12 aromatic rings. The minimum Gasteiger partial charge on any atom is -0.453 e. The summed E-state index contributed by atoms with van der Waals surface area (Å²) in [7, 11) is -2.87. The topological polar surface area (TPSA) is 46.1 Å². The van der Waals surface area contributed by atoms with Crippen LogP contribution in [0.15, 0.2) is 231 Å². The van der Waals surface area contributed by atoms with E-state index in [4.69, 9.17) is 4.74 Å². The van der Waals surface area contributed by atoms with Gasteiger partial charge in [0.15, 0.2) is 19.6 Å². The summed E-state index contributed by atoms with van der Waals surface area (Å²) >= 11 is 0. The average molecular weight is 901 g/mol. The predicted molar refractivity (Wildman–Crippen MR) is 288 cm³/mol. The molecule has 3 heterocycles. The summed E-state index contributed by atoms with van der Waals surface area (Å²) in [6.07, 6.45) is 0. The van der Waals surface area contributed by atoms with E-state index in [-0.39, 0.29) is 0 Å². The minimum absolute atomic E-state index is 0.636. The number of benzene rings is 10. The molecule has 0 atom stereocenters. The lowest BCUT2D eigenvalue weighted by molar-refractivity contribution is 0.476. The van der Waals surface area contributed by atoms with E-state index in [2.05, 4.69) is 252 Å². The van der Waals surface area contributed by atoms with E-state index in [1.807, 2.05) is 12.1 Å². The summed E-state index contributed by atoms with van der Waals surface area (Å²) in [6.45, 7) is 4.32. The molecule has 0 radical (unpaired) electrons. The van der Waals surface area contributed by atoms with E-state index in [1.165, 1.54) is 42.6 Å². The Balaban J connectivity index is 1.05. The first-order valence-electron chi connectivity index (χ1n) is 23.5. The van der Waals surface area contributed by atoms with Crippen molar-refractivity contribution < 1.29 is 4.74 Å². The first kappa shape index (κ1) is 40.4. The second-order valence-corrected chi connectivity index (χ2v) is 22.0. The first-order chi connectivity index (χ1) is 34.0. The van der Waals surface area contributed by atoms with Gasteiger partial charge in [0.25, 0.3) is 0 Å². The fourth-order valence-corrected chi connectivity index (χ4v) is 15.9. The van der Waals surface area contributed by atoms with Crippen molar-refractivity contribution in [1.29, 1.82) is 5.26 Å². The Morgan fingerprint density at radius 2 is 0.841 bits per heavy atom. The molecular weight excluding hydrogens is 857 g/mol. The Labute approximate surface area is 401 Å². The third-order valence-electron chi connectivity index (χ3n) is 14.1. The molecule has 1 aliphatic rings. The summed E-state index contributed by atoms with van der Waals surface area (Å²) < 4.78 is 11.9. The van der Waals surface area contributed by atoms with Crippen molar-refractivity contribution >= 4 is 89.5 Å². The number of hydrogen-bond acceptors (Lipinski definition) is 3. The molecule has 6 heteroatoms. The lowest BCUT2D eigenvalue weighted by Gasteiger charge is -2.37. The van der Waals surface area contributed by atoms with E-state index in [9.17, 15) is 5.26 Å². The number of fused-ring (bicyclic) bond motifs is 8. The Morgan fingerprint density at radius 3 is 1.38 bits per heavy atom. The number of nitrogens with zero attached hydrogens (tertiary/aromatic N) is 4. The Hall–Kier alpha value is -8.89. The van der Waals surface area contributed by atoms with Gasteiger partial charge in [0.2, 0.25) is 0 Å². The molecule has 1 aliphatic heterocycles. The molecule has 0 bridgehead atoms. The second kappa shape index (κ2) is 15.9. The average Bonchev–Trinajstić information content (AvgIpc) is 3.90. The standard InChI is InChI=1S/C63H44N4OSi/c1-42-25-30-57-53(35-42)54-36-43(2)26-31-58(54)66(57)47-29-34-61-63(40-47)68-62-39-46(65-56-24-13-12-23-52(56)55-37-44(41-64)27-32-59(55)65)28-33-60(62)67(61)45-15-14-22-51(38-45)69(48-16-6-3-7-17-48,49-18-8-4-9-19-49)50-20-10-5-11-21-50/h3-40H,1-2H3. The largest absolute Gasteiger partial charge is 0.453 e. The van der Waals surface area contributed by atoms with Gasteiger partial charge in [-0.25, -0.2) is 0 Å². The van der Waals surface area contributed by atoms with Crippen LogP contribution in [0.2, 0.25) is 0 Å². The van der Waals surface area contributed by atoms with E-state index >= 15 is 0 Å². The Morgan fingerprint density at radius 1 is 0.377 bits per heavy atom. The van der Waals surface area contributed by atoms with Crippen LogP contribution in [0.1, 0.15) is 16.7 Å². The van der Waals surface area contributed by atoms with E-state index in [0.29, 0.717) is 5.56 Å². The maximum Gasteiger partial charge on any atom is 0.179 e. The molecule has 0 spiro atoms. The normalized spacial score (nSPS) is 12.3. The van der Waals surface area contributed by atoms with Crippen LogP contribution in [0.4, 0.5) is 17.1 Å². The molecule has 0 amide bonds. The van der Waals surface area contributed by atoms with Crippen LogP contribution in [0.25, 0.3) is 55.0 Å². The highest BCUT2D eigenvalue weighted by Crippen LogP contribution is 2.52. The summed E-state index contributed by atoms with van der Waals surface area (Å²) in [5.74, 6) is 1.50. The van der Waals surface area contributed by atoms with Crippen molar-refractivity contribution in [2.45, 2.75) is 13.8 Å². The van der Waals surface area contributed by atoms with Gasteiger partial charge < -0.3 is 18.8 Å². The summed E-state index contributed by atoms with van der Waals surface area (Å²) in [5.41, 5.74) is 12.4. The van der Waals surface area contributed by atoms with E-state index in [0.717, 1.165) is 72.8 Å². The molecule has 0 N–H and O–H groups in total. The number of aryl methyl sites for hydroxylation is 2. The van der Waals surface area contributed by atoms with Crippen molar-refractivity contribution in [1.82, 2.24) is 9.13 Å². The van der Waals surface area contributed by atoms with Crippen molar-refractivity contribution in [3.8, 4) is 28.9 Å². The molecule has 5 nitrogen and oxygen atoms in total. The Bertz CT molecular complexity index is 3880. The van der Waals surface area contributed by atoms with Crippen LogP contribution in [0.5, 0.6) is 11.5 Å². The van der Waals surface area contributed by atoms with Crippen LogP contribution in [0, 0.1) is 25.2 Å². The molecule has 13 rings (SSSR count). The molecule has 69 heavy (non-hydrogen) atoms. The van der Waals surface area contributed by atoms with Gasteiger partial charge in [-0.15, -0.1) is 0 Å². The fraction of sp³-hybridized carbons (Fsp3) is 0.0317. The van der Waals surface area contributed by atoms with E-state index < -0.39 is 8.07 Å². The molecule has 2 aromatic heterocycles. The fourth-order valence-electron chi connectivity index (χ4n) is 11.1.